The molecule has 0 bridgehead atoms. The number of ether oxygens (including phenoxy) is 1. The third-order valence-corrected chi connectivity index (χ3v) is 3.42. The lowest BCUT2D eigenvalue weighted by molar-refractivity contribution is -0.0885. The number of nitrogens with zero attached hydrogens (tertiary/aromatic N) is 1. The number of hydrogen-bond acceptors (Lipinski definition) is 3. The fourth-order valence-corrected chi connectivity index (χ4v) is 2.55. The molecule has 16 heavy (non-hydrogen) atoms. The van der Waals surface area contributed by atoms with Gasteiger partial charge in [-0.1, -0.05) is 6.07 Å². The highest BCUT2D eigenvalue weighted by molar-refractivity contribution is 5.18. The predicted octanol–water partition coefficient (Wildman–Crippen LogP) is 2.30. The fraction of sp³-hybridized carbons (Fsp3) is 0.615. The lowest BCUT2D eigenvalue weighted by Gasteiger charge is -2.40. The summed E-state index contributed by atoms with van der Waals surface area (Å²) in [4.78, 5) is 4.18. The molecule has 0 aliphatic carbocycles. The Bertz CT molecular complexity index is 320. The summed E-state index contributed by atoms with van der Waals surface area (Å²) < 4.78 is 5.98. The van der Waals surface area contributed by atoms with Crippen LogP contribution in [0.4, 0.5) is 0 Å². The SMILES string of the molecule is CNC(c1cccnc1)C1(C)CCCCO1. The van der Waals surface area contributed by atoms with Crippen LogP contribution in [-0.2, 0) is 4.74 Å². The van der Waals surface area contributed by atoms with Crippen molar-refractivity contribution in [3.8, 4) is 0 Å². The second kappa shape index (κ2) is 4.93. The highest BCUT2D eigenvalue weighted by atomic mass is 16.5. The Hall–Kier alpha value is -0.930. The van der Waals surface area contributed by atoms with Gasteiger partial charge in [-0.25, -0.2) is 0 Å². The van der Waals surface area contributed by atoms with Gasteiger partial charge in [0.1, 0.15) is 0 Å². The van der Waals surface area contributed by atoms with E-state index in [4.69, 9.17) is 4.74 Å². The molecular formula is C13H20N2O. The van der Waals surface area contributed by atoms with E-state index in [2.05, 4.69) is 23.3 Å². The predicted molar refractivity (Wildman–Crippen MR) is 64.2 cm³/mol. The van der Waals surface area contributed by atoms with E-state index in [1.54, 1.807) is 6.20 Å². The third kappa shape index (κ3) is 2.25. The number of likely N-dealkylation sites (N-methyl/N-ethyl adjacent to an activating group) is 1. The highest BCUT2D eigenvalue weighted by Gasteiger charge is 2.36. The topological polar surface area (TPSA) is 34.2 Å². The van der Waals surface area contributed by atoms with Gasteiger partial charge in [-0.2, -0.15) is 0 Å². The molecule has 1 aliphatic rings. The van der Waals surface area contributed by atoms with Gasteiger partial charge in [-0.3, -0.25) is 4.98 Å². The van der Waals surface area contributed by atoms with Gasteiger partial charge in [-0.15, -0.1) is 0 Å². The van der Waals surface area contributed by atoms with Crippen molar-refractivity contribution in [2.75, 3.05) is 13.7 Å². The minimum atomic E-state index is -0.101. The molecule has 2 atom stereocenters. The Labute approximate surface area is 97.2 Å². The summed E-state index contributed by atoms with van der Waals surface area (Å²) in [6.45, 7) is 3.06. The number of aromatic nitrogens is 1. The molecule has 0 saturated carbocycles. The first kappa shape index (κ1) is 11.6. The number of hydrogen-bond donors (Lipinski definition) is 1. The van der Waals surface area contributed by atoms with Crippen LogP contribution in [0.25, 0.3) is 0 Å². The van der Waals surface area contributed by atoms with E-state index >= 15 is 0 Å². The van der Waals surface area contributed by atoms with Crippen LogP contribution in [0.5, 0.6) is 0 Å². The first-order chi connectivity index (χ1) is 7.76. The Balaban J connectivity index is 2.21. The van der Waals surface area contributed by atoms with Crippen LogP contribution in [0.15, 0.2) is 24.5 Å². The molecule has 1 fully saturated rings. The first-order valence-corrected chi connectivity index (χ1v) is 5.97. The van der Waals surface area contributed by atoms with E-state index in [9.17, 15) is 0 Å². The van der Waals surface area contributed by atoms with Crippen molar-refractivity contribution in [3.05, 3.63) is 30.1 Å². The monoisotopic (exact) mass is 220 g/mol. The van der Waals surface area contributed by atoms with Crippen molar-refractivity contribution in [1.82, 2.24) is 10.3 Å². The van der Waals surface area contributed by atoms with Crippen LogP contribution >= 0.6 is 0 Å². The molecule has 2 unspecified atom stereocenters. The Morgan fingerprint density at radius 2 is 2.38 bits per heavy atom. The standard InChI is InChI=1S/C13H20N2O/c1-13(7-3-4-9-16-13)12(14-2)11-6-5-8-15-10-11/h5-6,8,10,12,14H,3-4,7,9H2,1-2H3. The van der Waals surface area contributed by atoms with Crippen molar-refractivity contribution in [2.24, 2.45) is 0 Å². The molecule has 0 radical (unpaired) electrons. The Morgan fingerprint density at radius 3 is 2.94 bits per heavy atom. The largest absolute Gasteiger partial charge is 0.373 e. The lowest BCUT2D eigenvalue weighted by Crippen LogP contribution is -2.44. The van der Waals surface area contributed by atoms with Crippen molar-refractivity contribution < 1.29 is 4.74 Å². The quantitative estimate of drug-likeness (QED) is 0.848. The third-order valence-electron chi connectivity index (χ3n) is 3.42. The van der Waals surface area contributed by atoms with Gasteiger partial charge in [0, 0.05) is 19.0 Å². The maximum absolute atomic E-state index is 5.98. The number of rotatable bonds is 3. The van der Waals surface area contributed by atoms with Crippen LogP contribution in [-0.4, -0.2) is 24.2 Å². The van der Waals surface area contributed by atoms with E-state index in [1.165, 1.54) is 18.4 Å². The van der Waals surface area contributed by atoms with Crippen LogP contribution in [0.2, 0.25) is 0 Å². The summed E-state index contributed by atoms with van der Waals surface area (Å²) in [6, 6.07) is 4.31. The molecule has 1 aliphatic heterocycles. The molecule has 1 aromatic heterocycles. The van der Waals surface area contributed by atoms with Gasteiger partial charge in [0.15, 0.2) is 0 Å². The van der Waals surface area contributed by atoms with E-state index in [0.29, 0.717) is 0 Å². The summed E-state index contributed by atoms with van der Waals surface area (Å²) in [6.07, 6.45) is 7.26. The number of pyridine rings is 1. The van der Waals surface area contributed by atoms with Crippen molar-refractivity contribution >= 4 is 0 Å². The number of nitrogens with one attached hydrogen (secondary N) is 1. The molecule has 3 nitrogen and oxygen atoms in total. The smallest absolute Gasteiger partial charge is 0.0848 e. The summed E-state index contributed by atoms with van der Waals surface area (Å²) in [7, 11) is 1.99. The van der Waals surface area contributed by atoms with E-state index in [1.807, 2.05) is 19.3 Å². The molecule has 3 heteroatoms. The van der Waals surface area contributed by atoms with Crippen LogP contribution < -0.4 is 5.32 Å². The molecular weight excluding hydrogens is 200 g/mol. The zero-order valence-corrected chi connectivity index (χ0v) is 10.1. The average Bonchev–Trinajstić information content (AvgIpc) is 2.32. The normalized spacial score (nSPS) is 27.6. The Kier molecular flexibility index (Phi) is 3.56. The second-order valence-electron chi connectivity index (χ2n) is 4.63. The molecule has 0 spiro atoms. The molecule has 0 aromatic carbocycles. The molecule has 0 amide bonds. The van der Waals surface area contributed by atoms with E-state index < -0.39 is 0 Å². The van der Waals surface area contributed by atoms with Gasteiger partial charge >= 0.3 is 0 Å². The molecule has 2 heterocycles. The van der Waals surface area contributed by atoms with Crippen molar-refractivity contribution in [3.63, 3.8) is 0 Å². The van der Waals surface area contributed by atoms with Gasteiger partial charge in [0.2, 0.25) is 0 Å². The fourth-order valence-electron chi connectivity index (χ4n) is 2.55. The Morgan fingerprint density at radius 1 is 1.50 bits per heavy atom. The van der Waals surface area contributed by atoms with Gasteiger partial charge in [0.05, 0.1) is 11.6 Å². The van der Waals surface area contributed by atoms with Crippen LogP contribution in [0.1, 0.15) is 37.8 Å². The zero-order chi connectivity index (χ0) is 11.4. The maximum Gasteiger partial charge on any atom is 0.0848 e. The average molecular weight is 220 g/mol. The van der Waals surface area contributed by atoms with E-state index in [-0.39, 0.29) is 11.6 Å². The molecule has 1 N–H and O–H groups in total. The maximum atomic E-state index is 5.98. The lowest BCUT2D eigenvalue weighted by atomic mass is 9.85. The van der Waals surface area contributed by atoms with Crippen molar-refractivity contribution in [1.29, 1.82) is 0 Å². The van der Waals surface area contributed by atoms with Crippen LogP contribution in [0.3, 0.4) is 0 Å². The highest BCUT2D eigenvalue weighted by Crippen LogP contribution is 2.35. The van der Waals surface area contributed by atoms with Gasteiger partial charge in [-0.05, 0) is 44.9 Å². The van der Waals surface area contributed by atoms with Gasteiger partial charge in [0.25, 0.3) is 0 Å². The summed E-state index contributed by atoms with van der Waals surface area (Å²) in [5.41, 5.74) is 1.10. The second-order valence-corrected chi connectivity index (χ2v) is 4.63. The zero-order valence-electron chi connectivity index (χ0n) is 10.1. The minimum Gasteiger partial charge on any atom is -0.373 e. The molecule has 1 aromatic rings. The summed E-state index contributed by atoms with van der Waals surface area (Å²) in [5, 5.41) is 3.36. The summed E-state index contributed by atoms with van der Waals surface area (Å²) in [5.74, 6) is 0. The molecule has 88 valence electrons. The minimum absolute atomic E-state index is 0.101. The first-order valence-electron chi connectivity index (χ1n) is 5.97. The van der Waals surface area contributed by atoms with Gasteiger partial charge < -0.3 is 10.1 Å². The van der Waals surface area contributed by atoms with E-state index in [0.717, 1.165) is 13.0 Å². The molecule has 2 rings (SSSR count). The van der Waals surface area contributed by atoms with Crippen molar-refractivity contribution in [2.45, 2.75) is 37.8 Å². The van der Waals surface area contributed by atoms with Crippen LogP contribution in [0, 0.1) is 0 Å². The summed E-state index contributed by atoms with van der Waals surface area (Å²) >= 11 is 0. The molecule has 1 saturated heterocycles.